The Hall–Kier alpha value is -0.360. The first-order chi connectivity index (χ1) is 11.1. The fourth-order valence-electron chi connectivity index (χ4n) is 1.88. The number of hydrogen-bond donors (Lipinski definition) is 3. The van der Waals surface area contributed by atoms with E-state index in [1.807, 2.05) is 37.3 Å². The molecule has 0 aliphatic heterocycles. The summed E-state index contributed by atoms with van der Waals surface area (Å²) in [6.45, 7) is 3.50. The van der Waals surface area contributed by atoms with Crippen molar-refractivity contribution in [2.75, 3.05) is 36.7 Å². The molecule has 1 unspecified atom stereocenters. The molecule has 23 heavy (non-hydrogen) atoms. The average Bonchev–Trinajstić information content (AvgIpc) is 2.53. The first kappa shape index (κ1) is 20.7. The Morgan fingerprint density at radius 3 is 2.35 bits per heavy atom. The van der Waals surface area contributed by atoms with Crippen LogP contribution in [0.2, 0.25) is 0 Å². The molecular weight excluding hydrogens is 374 g/mol. The van der Waals surface area contributed by atoms with Crippen LogP contribution in [0.15, 0.2) is 30.3 Å². The lowest BCUT2D eigenvalue weighted by Crippen LogP contribution is -2.41. The lowest BCUT2D eigenvalue weighted by atomic mass is 10.3. The summed E-state index contributed by atoms with van der Waals surface area (Å²) in [7, 11) is -3.11. The van der Waals surface area contributed by atoms with E-state index in [2.05, 4.69) is 15.5 Å². The number of nitrogens with zero attached hydrogens (tertiary/aromatic N) is 1. The van der Waals surface area contributed by atoms with E-state index in [-0.39, 0.29) is 5.11 Å². The van der Waals surface area contributed by atoms with Gasteiger partial charge in [-0.25, -0.2) is 9.76 Å². The summed E-state index contributed by atoms with van der Waals surface area (Å²) >= 11 is 17.0. The highest BCUT2D eigenvalue weighted by atomic mass is 35.5. The van der Waals surface area contributed by atoms with Gasteiger partial charge in [0.25, 0.3) is 0 Å². The van der Waals surface area contributed by atoms with Crippen molar-refractivity contribution < 1.29 is 4.57 Å². The Kier molecular flexibility index (Phi) is 10.1. The van der Waals surface area contributed by atoms with Gasteiger partial charge < -0.3 is 5.32 Å². The minimum absolute atomic E-state index is 0.289. The van der Waals surface area contributed by atoms with Crippen LogP contribution in [0.1, 0.15) is 13.3 Å². The molecule has 5 nitrogen and oxygen atoms in total. The molecule has 1 aromatic carbocycles. The fourth-order valence-corrected chi connectivity index (χ4v) is 5.05. The van der Waals surface area contributed by atoms with Gasteiger partial charge in [0.1, 0.15) is 0 Å². The molecule has 0 aliphatic rings. The molecule has 0 amide bonds. The molecule has 1 rings (SSSR count). The second kappa shape index (κ2) is 11.2. The van der Waals surface area contributed by atoms with Crippen molar-refractivity contribution >= 4 is 53.8 Å². The van der Waals surface area contributed by atoms with E-state index in [4.69, 9.17) is 35.4 Å². The van der Waals surface area contributed by atoms with Crippen molar-refractivity contribution in [3.8, 4) is 0 Å². The van der Waals surface area contributed by atoms with Crippen molar-refractivity contribution in [2.45, 2.75) is 13.3 Å². The number of rotatable bonds is 10. The Balaban J connectivity index is 2.82. The molecule has 0 saturated carbocycles. The summed E-state index contributed by atoms with van der Waals surface area (Å²) in [6, 6.07) is 9.47. The van der Waals surface area contributed by atoms with Crippen LogP contribution >= 0.6 is 43.0 Å². The van der Waals surface area contributed by atoms with Gasteiger partial charge in [-0.2, -0.15) is 0 Å². The molecular formula is C14H23Cl2N4OPS. The van der Waals surface area contributed by atoms with E-state index in [1.165, 1.54) is 0 Å². The number of para-hydroxylation sites is 1. The molecule has 0 spiro atoms. The van der Waals surface area contributed by atoms with Crippen LogP contribution in [0.4, 0.5) is 5.69 Å². The highest BCUT2D eigenvalue weighted by molar-refractivity contribution is 7.81. The molecule has 1 atom stereocenters. The maximum atomic E-state index is 13.3. The topological polar surface area (TPSA) is 56.4 Å². The Morgan fingerprint density at radius 1 is 1.22 bits per heavy atom. The third kappa shape index (κ3) is 7.38. The van der Waals surface area contributed by atoms with Gasteiger partial charge in [0.05, 0.1) is 0 Å². The van der Waals surface area contributed by atoms with Crippen molar-refractivity contribution in [2.24, 2.45) is 0 Å². The summed E-state index contributed by atoms with van der Waals surface area (Å²) in [5.41, 5.74) is 0.827. The quantitative estimate of drug-likeness (QED) is 0.317. The number of benzene rings is 1. The van der Waals surface area contributed by atoms with E-state index >= 15 is 0 Å². The standard InChI is InChI=1S/C14H23Cl2N4OPS/c1-2-10-17-22(21,20(11-8-15)12-9-16)19-14(23)18-13-6-4-3-5-7-13/h3-7H,2,8-12H2,1H3,(H3,17,18,19,21,23). The number of alkyl halides is 2. The molecule has 0 heterocycles. The van der Waals surface area contributed by atoms with Crippen molar-refractivity contribution in [3.05, 3.63) is 30.3 Å². The molecule has 0 aliphatic carbocycles. The van der Waals surface area contributed by atoms with Gasteiger partial charge in [0.15, 0.2) is 5.11 Å². The zero-order valence-corrected chi connectivity index (χ0v) is 16.3. The summed E-state index contributed by atoms with van der Waals surface area (Å²) in [6.07, 6.45) is 0.847. The molecule has 130 valence electrons. The maximum absolute atomic E-state index is 13.3. The van der Waals surface area contributed by atoms with Gasteiger partial charge in [0, 0.05) is 37.1 Å². The van der Waals surface area contributed by atoms with Crippen molar-refractivity contribution in [1.29, 1.82) is 0 Å². The van der Waals surface area contributed by atoms with Gasteiger partial charge >= 0.3 is 7.59 Å². The largest absolute Gasteiger partial charge is 0.332 e. The van der Waals surface area contributed by atoms with Gasteiger partial charge in [-0.3, -0.25) is 9.65 Å². The molecule has 0 saturated heterocycles. The summed E-state index contributed by atoms with van der Waals surface area (Å²) in [4.78, 5) is 0. The molecule has 0 bridgehead atoms. The number of anilines is 1. The van der Waals surface area contributed by atoms with E-state index in [9.17, 15) is 4.57 Å². The number of nitrogens with one attached hydrogen (secondary N) is 3. The second-order valence-electron chi connectivity index (χ2n) is 4.75. The smallest absolute Gasteiger partial charge is 0.307 e. The lowest BCUT2D eigenvalue weighted by molar-refractivity contribution is 0.431. The number of thiocarbonyl (C=S) groups is 1. The van der Waals surface area contributed by atoms with E-state index in [0.29, 0.717) is 31.4 Å². The van der Waals surface area contributed by atoms with E-state index < -0.39 is 7.59 Å². The van der Waals surface area contributed by atoms with Gasteiger partial charge in [0.2, 0.25) is 0 Å². The van der Waals surface area contributed by atoms with Crippen molar-refractivity contribution in [1.82, 2.24) is 14.8 Å². The first-order valence-corrected chi connectivity index (χ1v) is 10.6. The Bertz CT molecular complexity index is 515. The normalized spacial score (nSPS) is 13.6. The van der Waals surface area contributed by atoms with Gasteiger partial charge in [-0.1, -0.05) is 25.1 Å². The Labute approximate surface area is 153 Å². The summed E-state index contributed by atoms with van der Waals surface area (Å²) in [5, 5.41) is 9.30. The first-order valence-electron chi connectivity index (χ1n) is 7.42. The second-order valence-corrected chi connectivity index (χ2v) is 8.17. The van der Waals surface area contributed by atoms with Crippen LogP contribution in [-0.2, 0) is 4.57 Å². The summed E-state index contributed by atoms with van der Waals surface area (Å²) in [5.74, 6) is 0.713. The number of hydrogen-bond acceptors (Lipinski definition) is 2. The van der Waals surface area contributed by atoms with Crippen LogP contribution < -0.4 is 15.5 Å². The zero-order chi connectivity index (χ0) is 17.1. The van der Waals surface area contributed by atoms with Crippen LogP contribution in [0, 0.1) is 0 Å². The van der Waals surface area contributed by atoms with E-state index in [1.54, 1.807) is 4.67 Å². The summed E-state index contributed by atoms with van der Waals surface area (Å²) < 4.78 is 15.0. The van der Waals surface area contributed by atoms with Crippen LogP contribution in [0.25, 0.3) is 0 Å². The third-order valence-corrected chi connectivity index (χ3v) is 6.01. The average molecular weight is 397 g/mol. The molecule has 0 fully saturated rings. The molecule has 1 aromatic rings. The Morgan fingerprint density at radius 2 is 1.83 bits per heavy atom. The van der Waals surface area contributed by atoms with Gasteiger partial charge in [-0.05, 0) is 30.8 Å². The highest BCUT2D eigenvalue weighted by Gasteiger charge is 2.30. The monoisotopic (exact) mass is 396 g/mol. The van der Waals surface area contributed by atoms with Crippen LogP contribution in [-0.4, -0.2) is 41.2 Å². The third-order valence-electron chi connectivity index (χ3n) is 2.94. The number of halogens is 2. The van der Waals surface area contributed by atoms with E-state index in [0.717, 1.165) is 12.1 Å². The van der Waals surface area contributed by atoms with Crippen LogP contribution in [0.5, 0.6) is 0 Å². The minimum Gasteiger partial charge on any atom is -0.332 e. The zero-order valence-electron chi connectivity index (χ0n) is 13.1. The van der Waals surface area contributed by atoms with Crippen molar-refractivity contribution in [3.63, 3.8) is 0 Å². The molecule has 0 aromatic heterocycles. The molecule has 3 N–H and O–H groups in total. The van der Waals surface area contributed by atoms with Crippen LogP contribution in [0.3, 0.4) is 0 Å². The minimum atomic E-state index is -3.11. The fraction of sp³-hybridized carbons (Fsp3) is 0.500. The highest BCUT2D eigenvalue weighted by Crippen LogP contribution is 2.40. The predicted octanol–water partition coefficient (Wildman–Crippen LogP) is 3.86. The maximum Gasteiger partial charge on any atom is 0.307 e. The SMILES string of the molecule is CCCNP(=O)(NC(=S)Nc1ccccc1)N(CCCl)CCCl. The lowest BCUT2D eigenvalue weighted by Gasteiger charge is -2.32. The molecule has 9 heteroatoms. The molecule has 0 radical (unpaired) electrons. The predicted molar refractivity (Wildman–Crippen MR) is 105 cm³/mol. The van der Waals surface area contributed by atoms with Gasteiger partial charge in [-0.15, -0.1) is 23.2 Å².